The fourth-order valence-corrected chi connectivity index (χ4v) is 9.86. The van der Waals surface area contributed by atoms with Crippen molar-refractivity contribution in [1.82, 2.24) is 5.32 Å². The van der Waals surface area contributed by atoms with Gasteiger partial charge in [-0.25, -0.2) is 0 Å². The first kappa shape index (κ1) is 72.4. The normalized spacial score (nSPS) is 19.0. The number of rotatable bonds is 55. The van der Waals surface area contributed by atoms with Gasteiger partial charge in [0.2, 0.25) is 5.91 Å². The quantitative estimate of drug-likeness (QED) is 0.0195. The third kappa shape index (κ3) is 44.8. The summed E-state index contributed by atoms with van der Waals surface area (Å²) in [7, 11) is 0. The number of nitrogens with one attached hydrogen (secondary N) is 1. The maximum Gasteiger partial charge on any atom is 0.305 e. The second-order valence-electron chi connectivity index (χ2n) is 22.1. The number of hydrogen-bond donors (Lipinski definition) is 6. The summed E-state index contributed by atoms with van der Waals surface area (Å²) in [5.74, 6) is -0.206. The van der Waals surface area contributed by atoms with Gasteiger partial charge in [-0.3, -0.25) is 9.59 Å². The van der Waals surface area contributed by atoms with Gasteiger partial charge in [-0.05, 0) is 84.0 Å². The van der Waals surface area contributed by atoms with E-state index in [9.17, 15) is 35.1 Å². The summed E-state index contributed by atoms with van der Waals surface area (Å²) in [4.78, 5) is 25.1. The Balaban J connectivity index is 1.99. The summed E-state index contributed by atoms with van der Waals surface area (Å²) in [5, 5.41) is 54.1. The van der Waals surface area contributed by atoms with Crippen molar-refractivity contribution >= 4 is 11.9 Å². The Morgan fingerprint density at radius 2 is 0.935 bits per heavy atom. The van der Waals surface area contributed by atoms with Crippen LogP contribution in [-0.4, -0.2) is 100 Å². The lowest BCUT2D eigenvalue weighted by Crippen LogP contribution is -2.60. The third-order valence-corrected chi connectivity index (χ3v) is 14.9. The molecule has 0 radical (unpaired) electrons. The van der Waals surface area contributed by atoms with E-state index in [0.29, 0.717) is 19.4 Å². The molecule has 1 fully saturated rings. The monoisotopic (exact) mass is 1090 g/mol. The zero-order chi connectivity index (χ0) is 55.9. The van der Waals surface area contributed by atoms with Crippen molar-refractivity contribution in [1.29, 1.82) is 0 Å². The Morgan fingerprint density at radius 1 is 0.506 bits per heavy atom. The van der Waals surface area contributed by atoms with Crippen molar-refractivity contribution in [3.05, 3.63) is 60.8 Å². The zero-order valence-corrected chi connectivity index (χ0v) is 49.4. The summed E-state index contributed by atoms with van der Waals surface area (Å²) in [5.41, 5.74) is 0. The highest BCUT2D eigenvalue weighted by atomic mass is 16.7. The maximum absolute atomic E-state index is 13.0. The van der Waals surface area contributed by atoms with Crippen LogP contribution >= 0.6 is 0 Å². The predicted octanol–water partition coefficient (Wildman–Crippen LogP) is 15.4. The fraction of sp³-hybridized carbons (Fsp3) is 0.818. The van der Waals surface area contributed by atoms with Gasteiger partial charge in [0.1, 0.15) is 24.4 Å². The lowest BCUT2D eigenvalue weighted by molar-refractivity contribution is -0.302. The number of amides is 1. The van der Waals surface area contributed by atoms with Crippen molar-refractivity contribution in [2.45, 2.75) is 326 Å². The summed E-state index contributed by atoms with van der Waals surface area (Å²) < 4.78 is 16.7. The van der Waals surface area contributed by atoms with E-state index in [1.54, 1.807) is 6.08 Å². The second kappa shape index (κ2) is 55.3. The Labute approximate surface area is 471 Å². The molecule has 7 unspecified atom stereocenters. The van der Waals surface area contributed by atoms with Gasteiger partial charge in [0.25, 0.3) is 0 Å². The average Bonchev–Trinajstić information content (AvgIpc) is 3.43. The summed E-state index contributed by atoms with van der Waals surface area (Å²) in [6.07, 6.45) is 62.3. The first-order chi connectivity index (χ1) is 37.7. The smallest absolute Gasteiger partial charge is 0.305 e. The molecule has 1 heterocycles. The molecule has 0 aliphatic carbocycles. The molecule has 1 aliphatic rings. The standard InChI is InChI=1S/C66H119NO10/c1-3-5-7-9-11-13-14-15-27-31-34-38-42-46-50-54-62(71)75-55-51-47-43-39-35-32-29-26-24-22-20-18-16-17-19-21-23-25-28-30-33-37-41-45-49-53-61(70)67-58(59(69)52-48-44-40-36-12-10-8-6-4-2)57-76-66-65(74)64(73)63(72)60(56-68)77-66/h4,6,12,17-20,36,48,52,58-60,63-66,68-69,72-74H,3,5,7-11,13-16,21-35,37-47,49-51,53-57H2,1-2H3,(H,67,70)/b6-4+,19-17-,20-18-,36-12+,52-48+. The lowest BCUT2D eigenvalue weighted by atomic mass is 9.99. The van der Waals surface area contributed by atoms with E-state index in [1.807, 2.05) is 19.1 Å². The first-order valence-corrected chi connectivity index (χ1v) is 32.0. The molecule has 6 N–H and O–H groups in total. The highest BCUT2D eigenvalue weighted by Gasteiger charge is 2.44. The molecule has 0 aromatic rings. The largest absolute Gasteiger partial charge is 0.466 e. The number of esters is 1. The molecule has 0 saturated carbocycles. The maximum atomic E-state index is 13.0. The minimum atomic E-state index is -1.58. The minimum Gasteiger partial charge on any atom is -0.466 e. The van der Waals surface area contributed by atoms with Gasteiger partial charge in [0.05, 0.1) is 32.0 Å². The molecule has 0 aromatic heterocycles. The molecular weight excluding hydrogens is 967 g/mol. The van der Waals surface area contributed by atoms with Gasteiger partial charge in [-0.1, -0.05) is 247 Å². The molecule has 0 aromatic carbocycles. The van der Waals surface area contributed by atoms with Crippen molar-refractivity contribution in [2.75, 3.05) is 19.8 Å². The molecular formula is C66H119NO10. The molecule has 0 spiro atoms. The van der Waals surface area contributed by atoms with Crippen LogP contribution in [0.2, 0.25) is 0 Å². The highest BCUT2D eigenvalue weighted by molar-refractivity contribution is 5.76. The highest BCUT2D eigenvalue weighted by Crippen LogP contribution is 2.23. The summed E-state index contributed by atoms with van der Waals surface area (Å²) >= 11 is 0. The minimum absolute atomic E-state index is 0.0000843. The van der Waals surface area contributed by atoms with E-state index in [4.69, 9.17) is 14.2 Å². The number of unbranched alkanes of at least 4 members (excludes halogenated alkanes) is 34. The summed E-state index contributed by atoms with van der Waals surface area (Å²) in [6, 6.07) is -0.839. The van der Waals surface area contributed by atoms with Gasteiger partial charge in [-0.2, -0.15) is 0 Å². The Kier molecular flexibility index (Phi) is 52.0. The first-order valence-electron chi connectivity index (χ1n) is 32.0. The van der Waals surface area contributed by atoms with Crippen molar-refractivity contribution in [3.63, 3.8) is 0 Å². The van der Waals surface area contributed by atoms with Crippen LogP contribution in [0.15, 0.2) is 60.8 Å². The molecule has 0 bridgehead atoms. The Bertz CT molecular complexity index is 1460. The number of aliphatic hydroxyl groups excluding tert-OH is 5. The number of carbonyl (C=O) groups is 2. The zero-order valence-electron chi connectivity index (χ0n) is 49.4. The number of carbonyl (C=O) groups excluding carboxylic acids is 2. The molecule has 7 atom stereocenters. The van der Waals surface area contributed by atoms with Crippen LogP contribution in [0.25, 0.3) is 0 Å². The lowest BCUT2D eigenvalue weighted by Gasteiger charge is -2.40. The van der Waals surface area contributed by atoms with E-state index in [-0.39, 0.29) is 18.5 Å². The molecule has 1 saturated heterocycles. The van der Waals surface area contributed by atoms with Crippen LogP contribution in [0.1, 0.15) is 284 Å². The van der Waals surface area contributed by atoms with Crippen LogP contribution in [0.4, 0.5) is 0 Å². The van der Waals surface area contributed by atoms with E-state index >= 15 is 0 Å². The van der Waals surface area contributed by atoms with Crippen molar-refractivity contribution < 1.29 is 49.3 Å². The topological polar surface area (TPSA) is 175 Å². The Morgan fingerprint density at radius 3 is 1.43 bits per heavy atom. The van der Waals surface area contributed by atoms with Gasteiger partial charge >= 0.3 is 5.97 Å². The van der Waals surface area contributed by atoms with E-state index in [0.717, 1.165) is 89.9 Å². The number of ether oxygens (including phenoxy) is 3. The summed E-state index contributed by atoms with van der Waals surface area (Å²) in [6.45, 7) is 4.09. The van der Waals surface area contributed by atoms with Gasteiger partial charge in [0, 0.05) is 12.8 Å². The fourth-order valence-electron chi connectivity index (χ4n) is 9.86. The number of aliphatic hydroxyl groups is 5. The Hall–Kier alpha value is -2.64. The molecule has 1 rings (SSSR count). The number of hydrogen-bond acceptors (Lipinski definition) is 10. The second-order valence-corrected chi connectivity index (χ2v) is 22.1. The molecule has 11 heteroatoms. The van der Waals surface area contributed by atoms with Crippen LogP contribution in [0.3, 0.4) is 0 Å². The van der Waals surface area contributed by atoms with E-state index in [1.165, 1.54) is 167 Å². The predicted molar refractivity (Wildman–Crippen MR) is 320 cm³/mol. The SMILES string of the molecule is C/C=C/CC/C=C/CC/C=C/C(O)C(COC1OC(CO)C(O)C(O)C1O)NC(=O)CCCCCCCCCCC/C=C\C/C=C\CCCCCCCCCCCOC(=O)CCCCCCCCCCCCCCCCC. The van der Waals surface area contributed by atoms with E-state index in [2.05, 4.69) is 54.8 Å². The van der Waals surface area contributed by atoms with Gasteiger partial charge < -0.3 is 45.1 Å². The third-order valence-electron chi connectivity index (χ3n) is 14.9. The molecule has 11 nitrogen and oxygen atoms in total. The van der Waals surface area contributed by atoms with Gasteiger partial charge in [-0.15, -0.1) is 0 Å². The van der Waals surface area contributed by atoms with Crippen LogP contribution in [0, 0.1) is 0 Å². The molecule has 1 aliphatic heterocycles. The molecule has 1 amide bonds. The van der Waals surface area contributed by atoms with Crippen molar-refractivity contribution in [3.8, 4) is 0 Å². The number of allylic oxidation sites excluding steroid dienone is 9. The molecule has 448 valence electrons. The van der Waals surface area contributed by atoms with Crippen LogP contribution in [0.5, 0.6) is 0 Å². The average molecular weight is 1090 g/mol. The van der Waals surface area contributed by atoms with Crippen LogP contribution in [-0.2, 0) is 23.8 Å². The van der Waals surface area contributed by atoms with Gasteiger partial charge in [0.15, 0.2) is 6.29 Å². The molecule has 77 heavy (non-hydrogen) atoms. The van der Waals surface area contributed by atoms with E-state index < -0.39 is 49.5 Å². The van der Waals surface area contributed by atoms with Crippen LogP contribution < -0.4 is 5.32 Å². The van der Waals surface area contributed by atoms with Crippen molar-refractivity contribution in [2.24, 2.45) is 0 Å².